The van der Waals surface area contributed by atoms with Gasteiger partial charge in [-0.05, 0) is 177 Å². The van der Waals surface area contributed by atoms with Crippen LogP contribution in [-0.2, 0) is 48.0 Å². The first kappa shape index (κ1) is 61.9. The summed E-state index contributed by atoms with van der Waals surface area (Å²) in [5.74, 6) is 3.93. The fourth-order valence-corrected chi connectivity index (χ4v) is 12.7. The van der Waals surface area contributed by atoms with Crippen LogP contribution in [0.5, 0.6) is 11.5 Å². The number of benzene rings is 2. The van der Waals surface area contributed by atoms with Gasteiger partial charge in [0.25, 0.3) is 0 Å². The molecule has 85 heavy (non-hydrogen) atoms. The molecule has 0 radical (unpaired) electrons. The second kappa shape index (κ2) is 26.4. The molecule has 6 aliphatic rings. The summed E-state index contributed by atoms with van der Waals surface area (Å²) in [6.07, 6.45) is 15.2. The van der Waals surface area contributed by atoms with Crippen molar-refractivity contribution in [3.63, 3.8) is 0 Å². The number of aromatic nitrogens is 8. The maximum absolute atomic E-state index is 12.9. The lowest BCUT2D eigenvalue weighted by Gasteiger charge is -2.41. The van der Waals surface area contributed by atoms with Crippen LogP contribution in [0.1, 0.15) is 113 Å². The van der Waals surface area contributed by atoms with Crippen LogP contribution in [0.3, 0.4) is 0 Å². The van der Waals surface area contributed by atoms with Gasteiger partial charge in [0, 0.05) is 26.5 Å². The largest absolute Gasteiger partial charge is 0.488 e. The summed E-state index contributed by atoms with van der Waals surface area (Å²) in [7, 11) is -3.93. The molecule has 458 valence electrons. The third-order valence-electron chi connectivity index (χ3n) is 15.6. The molecule has 2 aromatic carbocycles. The van der Waals surface area contributed by atoms with Gasteiger partial charge in [0.15, 0.2) is 17.4 Å². The quantitative estimate of drug-likeness (QED) is 0.0505. The number of likely N-dealkylation sites (tertiary alicyclic amines) is 1. The number of nitrogens with zero attached hydrogens (tertiary/aromatic N) is 9. The average molecular weight is 1250 g/mol. The maximum Gasteiger partial charge on any atom is 0.229 e. The zero-order valence-corrected chi connectivity index (χ0v) is 52.4. The highest BCUT2D eigenvalue weighted by Crippen LogP contribution is 2.43. The number of hydrogen-bond donors (Lipinski definition) is 5. The van der Waals surface area contributed by atoms with Crippen LogP contribution in [0.15, 0.2) is 59.1 Å². The number of anilines is 8. The van der Waals surface area contributed by atoms with Crippen LogP contribution in [0.25, 0.3) is 0 Å². The van der Waals surface area contributed by atoms with E-state index in [-0.39, 0.29) is 49.7 Å². The van der Waals surface area contributed by atoms with Crippen LogP contribution < -0.4 is 36.1 Å². The number of hydrogen-bond acceptors (Lipinski definition) is 21. The van der Waals surface area contributed by atoms with Gasteiger partial charge in [-0.2, -0.15) is 20.2 Å². The monoisotopic (exact) mass is 1250 g/mol. The number of ketones is 1. The van der Waals surface area contributed by atoms with E-state index < -0.39 is 30.2 Å². The van der Waals surface area contributed by atoms with Gasteiger partial charge in [0.2, 0.25) is 41.6 Å². The Morgan fingerprint density at radius 2 is 1.04 bits per heavy atom. The van der Waals surface area contributed by atoms with Gasteiger partial charge >= 0.3 is 0 Å². The molecule has 0 spiro atoms. The van der Waals surface area contributed by atoms with Gasteiger partial charge in [-0.3, -0.25) is 19.1 Å². The van der Waals surface area contributed by atoms with Crippen LogP contribution in [-0.4, -0.2) is 148 Å². The number of rotatable bonds is 19. The molecule has 12 rings (SSSR count). The molecular formula is C58H76Cl2N14O9S2. The lowest BCUT2D eigenvalue weighted by atomic mass is 9.86. The molecule has 2 aliphatic carbocycles. The summed E-state index contributed by atoms with van der Waals surface area (Å²) in [6.45, 7) is 17.4. The molecule has 27 heteroatoms. The van der Waals surface area contributed by atoms with Gasteiger partial charge in [-0.1, -0.05) is 23.2 Å². The number of sulfone groups is 2. The van der Waals surface area contributed by atoms with Crippen molar-refractivity contribution in [2.24, 2.45) is 14.1 Å². The van der Waals surface area contributed by atoms with E-state index in [4.69, 9.17) is 37.4 Å². The Balaban J connectivity index is 0.000000175. The number of carbonyl (C=O) groups excluding carboxylic acids is 1. The van der Waals surface area contributed by atoms with Gasteiger partial charge < -0.3 is 45.5 Å². The number of Topliss-reactive ketones (excluding diaryl/α,β-unsaturated/α-hetero) is 1. The Morgan fingerprint density at radius 3 is 1.40 bits per heavy atom. The molecule has 4 saturated heterocycles. The Morgan fingerprint density at radius 1 is 0.612 bits per heavy atom. The van der Waals surface area contributed by atoms with Crippen LogP contribution in [0.4, 0.5) is 46.3 Å². The minimum absolute atomic E-state index is 0.0524. The molecule has 0 atom stereocenters. The van der Waals surface area contributed by atoms with Crippen molar-refractivity contribution in [3.05, 3.63) is 81.4 Å². The second-order valence-electron chi connectivity index (χ2n) is 23.1. The Hall–Kier alpha value is -6.19. The number of carbonyl (C=O) groups is 1. The normalized spacial score (nSPS) is 18.0. The third-order valence-corrected chi connectivity index (χ3v) is 20.4. The minimum atomic E-state index is -3.64. The van der Waals surface area contributed by atoms with Gasteiger partial charge in [0.1, 0.15) is 34.8 Å². The van der Waals surface area contributed by atoms with Crippen LogP contribution in [0, 0.1) is 13.8 Å². The molecule has 2 saturated carbocycles. The van der Waals surface area contributed by atoms with Crippen molar-refractivity contribution in [1.82, 2.24) is 49.7 Å². The molecule has 4 aliphatic heterocycles. The van der Waals surface area contributed by atoms with Gasteiger partial charge in [-0.25, -0.2) is 26.8 Å². The fourth-order valence-electron chi connectivity index (χ4n) is 10.2. The SMILES string of the molecule is Cc1cc(Nc2ncc(Cl)c(Nc3cn(C)nc3S(=O)(=O)C(C)C)n2)c(OC2CC2)cc1C1CCN(C2COC2)CC1.Cc1cc(Nc2ncc(Cl)c(Nc3cn(C)nc3S(=O)(=O)C(C)C)n2)c(OC2CC2)cc1C1CCNCC1.O=C1COC1. The first-order chi connectivity index (χ1) is 40.6. The first-order valence-corrected chi connectivity index (χ1v) is 32.9. The maximum atomic E-state index is 12.9. The summed E-state index contributed by atoms with van der Waals surface area (Å²) in [4.78, 5) is 30.2. The van der Waals surface area contributed by atoms with Crippen molar-refractivity contribution in [2.45, 2.75) is 144 Å². The molecule has 0 amide bonds. The van der Waals surface area contributed by atoms with Gasteiger partial charge in [0.05, 0.1) is 77.1 Å². The van der Waals surface area contributed by atoms with E-state index >= 15 is 0 Å². The summed E-state index contributed by atoms with van der Waals surface area (Å²) in [5.41, 5.74) is 7.19. The molecular weight excluding hydrogens is 1170 g/mol. The molecule has 6 aromatic rings. The zero-order valence-electron chi connectivity index (χ0n) is 49.2. The smallest absolute Gasteiger partial charge is 0.229 e. The van der Waals surface area contributed by atoms with Crippen molar-refractivity contribution >= 4 is 94.9 Å². The standard InChI is InChI=1S/C29H38ClN7O4S.C26H34ClN7O3S.C3H4O2/c1-17(2)42(38,39)28-25(14-36(4)35-28)32-27-23(30)13-31-29(34-27)33-24-11-18(3)22(12-26(24)41-21-5-6-21)19-7-9-37(10-8-19)20-15-40-16-20;1-15(2)38(35,36)25-22(14-34(4)33-25)30-24-20(27)13-29-26(32-24)31-21-11-16(3)19(17-7-9-28-10-8-17)12-23(21)37-18-5-6-18;4-3-1-5-2-3/h11-14,17,19-21H,5-10,15-16H2,1-4H3,(H2,31,32,33,34);11-15,17-18,28H,5-10H2,1-4H3,(H2,29,30,31,32);1-2H2. The number of ether oxygens (including phenoxy) is 4. The molecule has 5 N–H and O–H groups in total. The lowest BCUT2D eigenvalue weighted by Crippen LogP contribution is -2.51. The van der Waals surface area contributed by atoms with E-state index in [0.717, 1.165) is 114 Å². The molecule has 0 bridgehead atoms. The molecule has 6 fully saturated rings. The summed E-state index contributed by atoms with van der Waals surface area (Å²) in [6, 6.07) is 9.14. The average Bonchev–Trinajstić information content (AvgIpc) is 2.88. The lowest BCUT2D eigenvalue weighted by molar-refractivity contribution is -0.140. The van der Waals surface area contributed by atoms with Crippen molar-refractivity contribution in [1.29, 1.82) is 0 Å². The van der Waals surface area contributed by atoms with Crippen LogP contribution in [0.2, 0.25) is 10.0 Å². The Labute approximate surface area is 506 Å². The molecule has 23 nitrogen and oxygen atoms in total. The summed E-state index contributed by atoms with van der Waals surface area (Å²) >= 11 is 12.8. The Bertz CT molecular complexity index is 3610. The van der Waals surface area contributed by atoms with E-state index in [2.05, 4.69) is 104 Å². The van der Waals surface area contributed by atoms with Crippen molar-refractivity contribution < 1.29 is 40.6 Å². The minimum Gasteiger partial charge on any atom is -0.488 e. The molecule has 4 aromatic heterocycles. The molecule has 8 heterocycles. The third kappa shape index (κ3) is 15.1. The number of aryl methyl sites for hydroxylation is 4. The highest BCUT2D eigenvalue weighted by atomic mass is 35.5. The summed E-state index contributed by atoms with van der Waals surface area (Å²) in [5, 5.41) is 23.6. The van der Waals surface area contributed by atoms with E-state index in [9.17, 15) is 21.6 Å². The topological polar surface area (TPSA) is 273 Å². The van der Waals surface area contributed by atoms with E-state index in [0.29, 0.717) is 54.4 Å². The second-order valence-corrected chi connectivity index (χ2v) is 28.8. The van der Waals surface area contributed by atoms with E-state index in [1.165, 1.54) is 44.0 Å². The van der Waals surface area contributed by atoms with E-state index in [1.807, 2.05) is 0 Å². The number of nitrogens with one attached hydrogen (secondary N) is 5. The summed E-state index contributed by atoms with van der Waals surface area (Å²) < 4.78 is 76.9. The van der Waals surface area contributed by atoms with Crippen molar-refractivity contribution in [2.75, 3.05) is 73.9 Å². The zero-order chi connectivity index (χ0) is 60.3. The Kier molecular flexibility index (Phi) is 19.2. The first-order valence-electron chi connectivity index (χ1n) is 29.0. The van der Waals surface area contributed by atoms with Crippen LogP contribution >= 0.6 is 23.2 Å². The van der Waals surface area contributed by atoms with Crippen molar-refractivity contribution in [3.8, 4) is 11.5 Å². The van der Waals surface area contributed by atoms with E-state index in [1.54, 1.807) is 54.2 Å². The number of halogens is 2. The highest BCUT2D eigenvalue weighted by molar-refractivity contribution is 7.92. The highest BCUT2D eigenvalue weighted by Gasteiger charge is 2.34. The fraction of sp³-hybridized carbons (Fsp3) is 0.534. The predicted molar refractivity (Wildman–Crippen MR) is 327 cm³/mol. The predicted octanol–water partition coefficient (Wildman–Crippen LogP) is 9.40. The van der Waals surface area contributed by atoms with Gasteiger partial charge in [-0.15, -0.1) is 0 Å². The number of piperidine rings is 2. The molecule has 0 unspecified atom stereocenters.